The zero-order valence-electron chi connectivity index (χ0n) is 19.5. The number of hydrogen-bond acceptors (Lipinski definition) is 4. The third-order valence-corrected chi connectivity index (χ3v) is 7.31. The second-order valence-corrected chi connectivity index (χ2v) is 9.77. The molecule has 0 bridgehead atoms. The van der Waals surface area contributed by atoms with Crippen LogP contribution in [0.4, 0.5) is 11.4 Å². The highest BCUT2D eigenvalue weighted by atomic mass is 127. The van der Waals surface area contributed by atoms with E-state index in [0.717, 1.165) is 32.7 Å². The summed E-state index contributed by atoms with van der Waals surface area (Å²) in [5.74, 6) is 2.60. The van der Waals surface area contributed by atoms with E-state index in [0.29, 0.717) is 31.1 Å². The van der Waals surface area contributed by atoms with Crippen molar-refractivity contribution in [3.8, 4) is 11.5 Å². The number of hydrogen-bond donors (Lipinski definition) is 1. The molecular weight excluding hydrogens is 535 g/mol. The summed E-state index contributed by atoms with van der Waals surface area (Å²) < 4.78 is 12.6. The molecule has 0 aromatic heterocycles. The Bertz CT molecular complexity index is 1220. The third-order valence-electron chi connectivity index (χ3n) is 6.51. The van der Waals surface area contributed by atoms with Crippen LogP contribution in [0.25, 0.3) is 0 Å². The number of allylic oxidation sites excluding steroid dienone is 2. The maximum absolute atomic E-state index is 5.80. The van der Waals surface area contributed by atoms with E-state index >= 15 is 0 Å². The smallest absolute Gasteiger partial charge is 0.174 e. The van der Waals surface area contributed by atoms with Crippen LogP contribution in [0.5, 0.6) is 11.5 Å². The lowest BCUT2D eigenvalue weighted by atomic mass is 9.77. The number of benzene rings is 3. The first-order valence-corrected chi connectivity index (χ1v) is 13.0. The molecule has 1 N–H and O–H groups in total. The summed E-state index contributed by atoms with van der Waals surface area (Å²) in [5, 5.41) is 3.80. The highest BCUT2D eigenvalue weighted by Crippen LogP contribution is 2.49. The van der Waals surface area contributed by atoms with Gasteiger partial charge in [-0.1, -0.05) is 42.5 Å². The molecule has 0 saturated heterocycles. The van der Waals surface area contributed by atoms with Gasteiger partial charge in [-0.2, -0.15) is 0 Å². The first kappa shape index (κ1) is 23.0. The number of nitrogens with zero attached hydrogens (tertiary/aromatic N) is 1. The summed E-state index contributed by atoms with van der Waals surface area (Å²) in [4.78, 5) is 4.73. The molecular formula is C29H29IN2O2. The van der Waals surface area contributed by atoms with Crippen molar-refractivity contribution in [1.29, 1.82) is 0 Å². The number of rotatable bonds is 7. The van der Waals surface area contributed by atoms with Gasteiger partial charge in [0.05, 0.1) is 28.5 Å². The van der Waals surface area contributed by atoms with Gasteiger partial charge in [0.2, 0.25) is 0 Å². The SMILES string of the molecule is CCOc1cc(C=Nc2ccc([C@@H]3Nc4ccccc4[C@@H]4C=CC[C@@H]43)cc2)cc(I)c1OCC. The van der Waals surface area contributed by atoms with Gasteiger partial charge >= 0.3 is 0 Å². The van der Waals surface area contributed by atoms with Crippen molar-refractivity contribution in [3.05, 3.63) is 93.1 Å². The Morgan fingerprint density at radius 2 is 1.82 bits per heavy atom. The molecule has 1 heterocycles. The zero-order chi connectivity index (χ0) is 23.5. The fourth-order valence-corrected chi connectivity index (χ4v) is 5.78. The fourth-order valence-electron chi connectivity index (χ4n) is 5.00. The summed E-state index contributed by atoms with van der Waals surface area (Å²) >= 11 is 2.29. The standard InChI is InChI=1S/C29H29IN2O2/c1-3-33-27-17-19(16-25(30)29(27)34-4-2)18-31-21-14-12-20(13-15-21)28-24-10-7-9-22(24)23-8-5-6-11-26(23)32-28/h5-9,11-18,22,24,28,32H,3-4,10H2,1-2H3/t22-,24-,28-/m0/s1. The Balaban J connectivity index is 1.35. The van der Waals surface area contributed by atoms with E-state index in [9.17, 15) is 0 Å². The number of fused-ring (bicyclic) bond motifs is 3. The van der Waals surface area contributed by atoms with E-state index in [1.165, 1.54) is 16.8 Å². The van der Waals surface area contributed by atoms with Crippen LogP contribution in [-0.2, 0) is 0 Å². The fraction of sp³-hybridized carbons (Fsp3) is 0.276. The van der Waals surface area contributed by atoms with E-state index in [-0.39, 0.29) is 0 Å². The molecule has 3 atom stereocenters. The molecule has 1 aliphatic carbocycles. The highest BCUT2D eigenvalue weighted by molar-refractivity contribution is 14.1. The van der Waals surface area contributed by atoms with Crippen LogP contribution in [0.2, 0.25) is 0 Å². The van der Waals surface area contributed by atoms with Crippen LogP contribution < -0.4 is 14.8 Å². The van der Waals surface area contributed by atoms with Crippen molar-refractivity contribution < 1.29 is 9.47 Å². The van der Waals surface area contributed by atoms with Crippen molar-refractivity contribution in [2.24, 2.45) is 10.9 Å². The Kier molecular flexibility index (Phi) is 6.90. The molecule has 5 rings (SSSR count). The minimum Gasteiger partial charge on any atom is -0.490 e. The van der Waals surface area contributed by atoms with Gasteiger partial charge in [-0.25, -0.2) is 0 Å². The summed E-state index contributed by atoms with van der Waals surface area (Å²) in [6, 6.07) is 21.7. The first-order valence-electron chi connectivity index (χ1n) is 11.9. The quantitative estimate of drug-likeness (QED) is 0.182. The minimum absolute atomic E-state index is 0.300. The number of halogens is 1. The largest absolute Gasteiger partial charge is 0.490 e. The first-order chi connectivity index (χ1) is 16.7. The van der Waals surface area contributed by atoms with E-state index in [1.807, 2.05) is 26.1 Å². The Morgan fingerprint density at radius 1 is 1.03 bits per heavy atom. The molecule has 4 nitrogen and oxygen atoms in total. The predicted octanol–water partition coefficient (Wildman–Crippen LogP) is 7.67. The molecule has 0 unspecified atom stereocenters. The molecule has 0 saturated carbocycles. The molecule has 0 radical (unpaired) electrons. The Hall–Kier alpha value is -2.80. The van der Waals surface area contributed by atoms with Crippen LogP contribution in [-0.4, -0.2) is 19.4 Å². The van der Waals surface area contributed by atoms with Crippen molar-refractivity contribution in [2.45, 2.75) is 32.2 Å². The number of aliphatic imine (C=N–C) groups is 1. The maximum atomic E-state index is 5.80. The normalized spacial score (nSPS) is 20.6. The molecule has 0 spiro atoms. The average Bonchev–Trinajstić information content (AvgIpc) is 3.35. The lowest BCUT2D eigenvalue weighted by molar-refractivity contribution is 0.286. The summed E-state index contributed by atoms with van der Waals surface area (Å²) in [6.45, 7) is 5.16. The Morgan fingerprint density at radius 3 is 2.62 bits per heavy atom. The van der Waals surface area contributed by atoms with Gasteiger partial charge in [-0.3, -0.25) is 4.99 Å². The number of para-hydroxylation sites is 1. The van der Waals surface area contributed by atoms with Crippen LogP contribution in [0, 0.1) is 9.49 Å². The van der Waals surface area contributed by atoms with Gasteiger partial charge in [-0.15, -0.1) is 0 Å². The minimum atomic E-state index is 0.300. The lowest BCUT2D eigenvalue weighted by Crippen LogP contribution is -2.28. The zero-order valence-corrected chi connectivity index (χ0v) is 21.7. The van der Waals surface area contributed by atoms with E-state index < -0.39 is 0 Å². The molecule has 34 heavy (non-hydrogen) atoms. The molecule has 2 aliphatic rings. The van der Waals surface area contributed by atoms with Gasteiger partial charge in [-0.05, 0) is 95.8 Å². The van der Waals surface area contributed by atoms with Crippen LogP contribution in [0.15, 0.2) is 77.8 Å². The van der Waals surface area contributed by atoms with Crippen LogP contribution in [0.1, 0.15) is 48.9 Å². The molecule has 1 aliphatic heterocycles. The summed E-state index contributed by atoms with van der Waals surface area (Å²) in [5.41, 5.74) is 5.89. The molecule has 0 fully saturated rings. The maximum Gasteiger partial charge on any atom is 0.174 e. The van der Waals surface area contributed by atoms with E-state index in [1.54, 1.807) is 0 Å². The Labute approximate surface area is 215 Å². The van der Waals surface area contributed by atoms with Gasteiger partial charge in [0, 0.05) is 17.8 Å². The van der Waals surface area contributed by atoms with Crippen molar-refractivity contribution >= 4 is 40.2 Å². The van der Waals surface area contributed by atoms with E-state index in [2.05, 4.69) is 94.7 Å². The van der Waals surface area contributed by atoms with Crippen molar-refractivity contribution in [1.82, 2.24) is 0 Å². The van der Waals surface area contributed by atoms with Crippen LogP contribution >= 0.6 is 22.6 Å². The number of nitrogens with one attached hydrogen (secondary N) is 1. The molecule has 0 amide bonds. The van der Waals surface area contributed by atoms with Gasteiger partial charge < -0.3 is 14.8 Å². The van der Waals surface area contributed by atoms with Gasteiger partial charge in [0.15, 0.2) is 11.5 Å². The summed E-state index contributed by atoms with van der Waals surface area (Å²) in [6.07, 6.45) is 7.71. The second-order valence-electron chi connectivity index (χ2n) is 8.61. The monoisotopic (exact) mass is 564 g/mol. The highest BCUT2D eigenvalue weighted by Gasteiger charge is 2.37. The topological polar surface area (TPSA) is 42.8 Å². The number of ether oxygens (including phenoxy) is 2. The molecule has 5 heteroatoms. The summed E-state index contributed by atoms with van der Waals surface area (Å²) in [7, 11) is 0. The number of anilines is 1. The molecule has 3 aromatic rings. The molecule has 174 valence electrons. The van der Waals surface area contributed by atoms with E-state index in [4.69, 9.17) is 14.5 Å². The van der Waals surface area contributed by atoms with Gasteiger partial charge in [0.25, 0.3) is 0 Å². The predicted molar refractivity (Wildman–Crippen MR) is 148 cm³/mol. The third kappa shape index (κ3) is 4.58. The average molecular weight is 564 g/mol. The second kappa shape index (κ2) is 10.2. The van der Waals surface area contributed by atoms with Gasteiger partial charge in [0.1, 0.15) is 0 Å². The lowest BCUT2D eigenvalue weighted by Gasteiger charge is -2.37. The van der Waals surface area contributed by atoms with Crippen LogP contribution in [0.3, 0.4) is 0 Å². The van der Waals surface area contributed by atoms with Crippen molar-refractivity contribution in [2.75, 3.05) is 18.5 Å². The molecule has 3 aromatic carbocycles. The van der Waals surface area contributed by atoms with Crippen molar-refractivity contribution in [3.63, 3.8) is 0 Å².